The van der Waals surface area contributed by atoms with Gasteiger partial charge in [-0.25, -0.2) is 0 Å². The van der Waals surface area contributed by atoms with Crippen molar-refractivity contribution in [2.45, 2.75) is 26.2 Å². The van der Waals surface area contributed by atoms with Crippen molar-refractivity contribution in [2.75, 3.05) is 0 Å². The molecular weight excluding hydrogens is 194 g/mol. The number of carbonyl (C=O) groups is 1. The Balaban J connectivity index is 2.84. The second-order valence-electron chi connectivity index (χ2n) is 3.29. The average Bonchev–Trinajstić information content (AvgIpc) is 2.71. The molecule has 1 rings (SSSR count). The van der Waals surface area contributed by atoms with E-state index in [9.17, 15) is 4.79 Å². The number of hydrogen-bond acceptors (Lipinski definition) is 3. The predicted molar refractivity (Wildman–Crippen MR) is 57.1 cm³/mol. The number of Topliss-reactive ketones (excluding diaryl/α,β-unsaturated/α-hetero) is 1. The van der Waals surface area contributed by atoms with E-state index in [0.717, 1.165) is 11.3 Å². The van der Waals surface area contributed by atoms with E-state index >= 15 is 0 Å². The van der Waals surface area contributed by atoms with Gasteiger partial charge in [-0.05, 0) is 17.9 Å². The molecule has 0 aliphatic carbocycles. The van der Waals surface area contributed by atoms with Crippen LogP contribution in [0.2, 0.25) is 0 Å². The summed E-state index contributed by atoms with van der Waals surface area (Å²) in [5.74, 6) is -0.552. The minimum atomic E-state index is -0.565. The van der Waals surface area contributed by atoms with Gasteiger partial charge in [0.1, 0.15) is 5.92 Å². The molecule has 1 heterocycles. The molecule has 0 saturated carbocycles. The second-order valence-corrected chi connectivity index (χ2v) is 4.27. The lowest BCUT2D eigenvalue weighted by Crippen LogP contribution is -2.17. The Morgan fingerprint density at radius 2 is 2.43 bits per heavy atom. The van der Waals surface area contributed by atoms with Crippen LogP contribution >= 0.6 is 11.3 Å². The zero-order valence-corrected chi connectivity index (χ0v) is 9.17. The summed E-state index contributed by atoms with van der Waals surface area (Å²) < 4.78 is 0. The van der Waals surface area contributed by atoms with Gasteiger partial charge in [-0.1, -0.05) is 19.9 Å². The minimum absolute atomic E-state index is 0.0262. The van der Waals surface area contributed by atoms with Gasteiger partial charge in [0.25, 0.3) is 0 Å². The van der Waals surface area contributed by atoms with Crippen LogP contribution < -0.4 is 0 Å². The molecule has 74 valence electrons. The Morgan fingerprint density at radius 1 is 1.71 bits per heavy atom. The summed E-state index contributed by atoms with van der Waals surface area (Å²) in [7, 11) is 0. The summed E-state index contributed by atoms with van der Waals surface area (Å²) in [5, 5.41) is 10.8. The Hall–Kier alpha value is -1.14. The van der Waals surface area contributed by atoms with Crippen molar-refractivity contribution < 1.29 is 4.79 Å². The molecule has 0 saturated heterocycles. The van der Waals surface area contributed by atoms with Gasteiger partial charge in [-0.3, -0.25) is 4.79 Å². The molecule has 3 heteroatoms. The van der Waals surface area contributed by atoms with Gasteiger partial charge in [-0.15, -0.1) is 11.3 Å². The van der Waals surface area contributed by atoms with Gasteiger partial charge in [-0.2, -0.15) is 5.26 Å². The smallest absolute Gasteiger partial charge is 0.158 e. The van der Waals surface area contributed by atoms with Crippen LogP contribution in [0.5, 0.6) is 0 Å². The molecule has 0 aliphatic rings. The van der Waals surface area contributed by atoms with Crippen LogP contribution in [0, 0.1) is 17.2 Å². The lowest BCUT2D eigenvalue weighted by Gasteiger charge is -2.10. The summed E-state index contributed by atoms with van der Waals surface area (Å²) in [6.07, 6.45) is 0.794. The molecule has 0 N–H and O–H groups in total. The van der Waals surface area contributed by atoms with Crippen LogP contribution in [0.25, 0.3) is 0 Å². The maximum atomic E-state index is 11.8. The third-order valence-corrected chi connectivity index (χ3v) is 3.28. The Morgan fingerprint density at radius 3 is 2.86 bits per heavy atom. The molecule has 0 radical (unpaired) electrons. The first-order valence-electron chi connectivity index (χ1n) is 4.67. The number of nitrogens with zero attached hydrogens (tertiary/aromatic N) is 1. The van der Waals surface area contributed by atoms with Crippen molar-refractivity contribution in [3.05, 3.63) is 22.4 Å². The van der Waals surface area contributed by atoms with E-state index in [1.807, 2.05) is 31.4 Å². The Bertz CT molecular complexity index is 337. The van der Waals surface area contributed by atoms with Gasteiger partial charge < -0.3 is 0 Å². The highest BCUT2D eigenvalue weighted by Gasteiger charge is 2.24. The Labute approximate surface area is 88.2 Å². The fourth-order valence-corrected chi connectivity index (χ4v) is 1.99. The molecule has 0 fully saturated rings. The maximum absolute atomic E-state index is 11.8. The molecule has 1 aromatic rings. The highest BCUT2D eigenvalue weighted by Crippen LogP contribution is 2.25. The third kappa shape index (κ3) is 2.21. The molecule has 0 aromatic carbocycles. The van der Waals surface area contributed by atoms with Crippen molar-refractivity contribution in [2.24, 2.45) is 5.92 Å². The average molecular weight is 207 g/mol. The number of ketones is 1. The molecular formula is C11H13NOS. The minimum Gasteiger partial charge on any atom is -0.298 e. The topological polar surface area (TPSA) is 40.9 Å². The van der Waals surface area contributed by atoms with E-state index in [-0.39, 0.29) is 11.7 Å². The van der Waals surface area contributed by atoms with Crippen molar-refractivity contribution in [3.63, 3.8) is 0 Å². The molecule has 0 amide bonds. The first kappa shape index (κ1) is 10.9. The summed E-state index contributed by atoms with van der Waals surface area (Å²) in [6, 6.07) is 5.80. The van der Waals surface area contributed by atoms with Crippen LogP contribution in [0.3, 0.4) is 0 Å². The first-order chi connectivity index (χ1) is 6.70. The van der Waals surface area contributed by atoms with Crippen molar-refractivity contribution >= 4 is 17.1 Å². The van der Waals surface area contributed by atoms with Crippen LogP contribution in [0.1, 0.15) is 31.1 Å². The van der Waals surface area contributed by atoms with Crippen molar-refractivity contribution in [3.8, 4) is 6.07 Å². The van der Waals surface area contributed by atoms with E-state index in [0.29, 0.717) is 0 Å². The van der Waals surface area contributed by atoms with Crippen LogP contribution in [0.4, 0.5) is 0 Å². The van der Waals surface area contributed by atoms with Gasteiger partial charge in [0, 0.05) is 10.8 Å². The van der Waals surface area contributed by atoms with Crippen LogP contribution in [0.15, 0.2) is 17.5 Å². The fourth-order valence-electron chi connectivity index (χ4n) is 1.21. The summed E-state index contributed by atoms with van der Waals surface area (Å²) in [6.45, 7) is 3.84. The molecule has 14 heavy (non-hydrogen) atoms. The number of rotatable bonds is 4. The molecule has 0 aliphatic heterocycles. The van der Waals surface area contributed by atoms with Crippen LogP contribution in [-0.4, -0.2) is 5.78 Å². The lowest BCUT2D eigenvalue weighted by atomic mass is 9.92. The third-order valence-electron chi connectivity index (χ3n) is 2.34. The summed E-state index contributed by atoms with van der Waals surface area (Å²) in [4.78, 5) is 12.6. The Kier molecular flexibility index (Phi) is 3.84. The molecule has 2 atom stereocenters. The van der Waals surface area contributed by atoms with Crippen molar-refractivity contribution in [1.29, 1.82) is 5.26 Å². The monoisotopic (exact) mass is 207 g/mol. The quantitative estimate of drug-likeness (QED) is 0.761. The molecule has 2 nitrogen and oxygen atoms in total. The maximum Gasteiger partial charge on any atom is 0.158 e. The second kappa shape index (κ2) is 4.92. The number of hydrogen-bond donors (Lipinski definition) is 0. The van der Waals surface area contributed by atoms with Gasteiger partial charge in [0.2, 0.25) is 0 Å². The molecule has 0 bridgehead atoms. The summed E-state index contributed by atoms with van der Waals surface area (Å²) in [5.41, 5.74) is 0. The van der Waals surface area contributed by atoms with E-state index in [1.165, 1.54) is 11.3 Å². The van der Waals surface area contributed by atoms with Crippen molar-refractivity contribution in [1.82, 2.24) is 0 Å². The zero-order valence-electron chi connectivity index (χ0n) is 8.36. The van der Waals surface area contributed by atoms with E-state index in [4.69, 9.17) is 5.26 Å². The van der Waals surface area contributed by atoms with Gasteiger partial charge in [0.05, 0.1) is 6.07 Å². The van der Waals surface area contributed by atoms with E-state index < -0.39 is 5.92 Å². The predicted octanol–water partition coefficient (Wildman–Crippen LogP) is 2.97. The van der Waals surface area contributed by atoms with Gasteiger partial charge in [0.15, 0.2) is 5.78 Å². The highest BCUT2D eigenvalue weighted by atomic mass is 32.1. The zero-order chi connectivity index (χ0) is 10.6. The highest BCUT2D eigenvalue weighted by molar-refractivity contribution is 7.10. The number of nitriles is 1. The van der Waals surface area contributed by atoms with Crippen LogP contribution in [-0.2, 0) is 4.79 Å². The SMILES string of the molecule is CCC(C)C(=O)C(C#N)c1cccs1. The largest absolute Gasteiger partial charge is 0.298 e. The van der Waals surface area contributed by atoms with E-state index in [1.54, 1.807) is 0 Å². The van der Waals surface area contributed by atoms with Gasteiger partial charge >= 0.3 is 0 Å². The normalized spacial score (nSPS) is 14.4. The number of thiophene rings is 1. The fraction of sp³-hybridized carbons (Fsp3) is 0.455. The first-order valence-corrected chi connectivity index (χ1v) is 5.55. The molecule has 2 unspecified atom stereocenters. The molecule has 1 aromatic heterocycles. The number of carbonyl (C=O) groups excluding carboxylic acids is 1. The molecule has 0 spiro atoms. The summed E-state index contributed by atoms with van der Waals surface area (Å²) >= 11 is 1.47. The standard InChI is InChI=1S/C11H13NOS/c1-3-8(2)11(13)9(7-12)10-5-4-6-14-10/h4-6,8-9H,3H2,1-2H3. The lowest BCUT2D eigenvalue weighted by molar-refractivity contribution is -0.122. The van der Waals surface area contributed by atoms with E-state index in [2.05, 4.69) is 6.07 Å².